The number of hydrogen-bond acceptors (Lipinski definition) is 7. The fraction of sp³-hybridized carbons (Fsp3) is 0.391. The lowest BCUT2D eigenvalue weighted by molar-refractivity contribution is -0.128. The molecule has 9 heteroatoms. The number of anilines is 1. The van der Waals surface area contributed by atoms with E-state index in [4.69, 9.17) is 18.9 Å². The first-order chi connectivity index (χ1) is 15.5. The van der Waals surface area contributed by atoms with Crippen LogP contribution in [0.4, 0.5) is 5.69 Å². The number of amides is 2. The zero-order valence-electron chi connectivity index (χ0n) is 18.7. The molecule has 0 spiro atoms. The average molecular weight is 461 g/mol. The maximum absolute atomic E-state index is 12.6. The molecule has 1 heterocycles. The van der Waals surface area contributed by atoms with Crippen molar-refractivity contribution in [2.75, 3.05) is 45.6 Å². The Morgan fingerprint density at radius 2 is 1.81 bits per heavy atom. The van der Waals surface area contributed by atoms with E-state index in [0.29, 0.717) is 54.0 Å². The molecule has 0 radical (unpaired) electrons. The number of rotatable bonds is 10. The van der Waals surface area contributed by atoms with Gasteiger partial charge in [-0.2, -0.15) is 0 Å². The quantitative estimate of drug-likeness (QED) is 0.541. The molecule has 1 saturated heterocycles. The third-order valence-electron chi connectivity index (χ3n) is 4.94. The van der Waals surface area contributed by atoms with E-state index in [2.05, 4.69) is 5.32 Å². The maximum atomic E-state index is 12.6. The molecule has 1 aliphatic heterocycles. The molecule has 0 aliphatic carbocycles. The number of benzene rings is 2. The Labute approximate surface area is 192 Å². The predicted molar refractivity (Wildman–Crippen MR) is 124 cm³/mol. The van der Waals surface area contributed by atoms with Crippen LogP contribution in [0, 0.1) is 0 Å². The number of carbonyl (C=O) groups is 2. The molecule has 0 bridgehead atoms. The Balaban J connectivity index is 1.65. The van der Waals surface area contributed by atoms with Gasteiger partial charge in [-0.3, -0.25) is 9.59 Å². The first-order valence-electron chi connectivity index (χ1n) is 10.2. The summed E-state index contributed by atoms with van der Waals surface area (Å²) in [5, 5.41) is 2.55. The van der Waals surface area contributed by atoms with Gasteiger partial charge in [0.1, 0.15) is 16.9 Å². The van der Waals surface area contributed by atoms with Crippen LogP contribution >= 0.6 is 11.8 Å². The summed E-state index contributed by atoms with van der Waals surface area (Å²) in [6.45, 7) is 2.44. The van der Waals surface area contributed by atoms with Gasteiger partial charge < -0.3 is 29.2 Å². The minimum absolute atomic E-state index is 0.0736. The first-order valence-corrected chi connectivity index (χ1v) is 11.2. The Hall–Kier alpha value is -3.07. The minimum Gasteiger partial charge on any atom is -0.496 e. The molecule has 2 aromatic rings. The van der Waals surface area contributed by atoms with Crippen molar-refractivity contribution in [3.05, 3.63) is 42.0 Å². The number of carbonyl (C=O) groups excluding carboxylic acids is 2. The fourth-order valence-electron chi connectivity index (χ4n) is 3.49. The standard InChI is InChI=1S/C23H28N2O6S/c1-15(26)24-16-7-5-8-17(11-16)31-10-6-9-25-22(27)14-32-23(25)18-12-20(29-3)21(30-4)13-19(18)28-2/h5,7-8,11-13,23H,6,9-10,14H2,1-4H3,(H,24,26). The maximum Gasteiger partial charge on any atom is 0.233 e. The highest BCUT2D eigenvalue weighted by molar-refractivity contribution is 8.00. The monoisotopic (exact) mass is 460 g/mol. The second kappa shape index (κ2) is 11.0. The fourth-order valence-corrected chi connectivity index (χ4v) is 4.72. The van der Waals surface area contributed by atoms with E-state index in [1.807, 2.05) is 23.1 Å². The Morgan fingerprint density at radius 1 is 1.09 bits per heavy atom. The van der Waals surface area contributed by atoms with Gasteiger partial charge in [-0.05, 0) is 24.6 Å². The van der Waals surface area contributed by atoms with Crippen LogP contribution in [0.1, 0.15) is 24.3 Å². The van der Waals surface area contributed by atoms with Gasteiger partial charge in [-0.15, -0.1) is 11.8 Å². The molecular formula is C23H28N2O6S. The largest absolute Gasteiger partial charge is 0.496 e. The smallest absolute Gasteiger partial charge is 0.233 e. The van der Waals surface area contributed by atoms with Gasteiger partial charge >= 0.3 is 0 Å². The van der Waals surface area contributed by atoms with E-state index in [1.165, 1.54) is 6.92 Å². The second-order valence-electron chi connectivity index (χ2n) is 7.11. The predicted octanol–water partition coefficient (Wildman–Crippen LogP) is 3.71. The SMILES string of the molecule is COc1cc(OC)c(C2SCC(=O)N2CCCOc2cccc(NC(C)=O)c2)cc1OC. The van der Waals surface area contributed by atoms with E-state index in [9.17, 15) is 9.59 Å². The number of nitrogens with zero attached hydrogens (tertiary/aromatic N) is 1. The van der Waals surface area contributed by atoms with Crippen molar-refractivity contribution < 1.29 is 28.5 Å². The van der Waals surface area contributed by atoms with Crippen LogP contribution < -0.4 is 24.3 Å². The third-order valence-corrected chi connectivity index (χ3v) is 6.17. The summed E-state index contributed by atoms with van der Waals surface area (Å²) in [7, 11) is 4.75. The molecule has 1 N–H and O–H groups in total. The van der Waals surface area contributed by atoms with Crippen molar-refractivity contribution in [3.8, 4) is 23.0 Å². The van der Waals surface area contributed by atoms with E-state index in [0.717, 1.165) is 5.56 Å². The van der Waals surface area contributed by atoms with Crippen molar-refractivity contribution >= 4 is 29.3 Å². The molecule has 1 aliphatic rings. The van der Waals surface area contributed by atoms with Crippen LogP contribution in [0.3, 0.4) is 0 Å². The van der Waals surface area contributed by atoms with Crippen molar-refractivity contribution in [1.82, 2.24) is 4.90 Å². The van der Waals surface area contributed by atoms with Crippen molar-refractivity contribution in [2.24, 2.45) is 0 Å². The van der Waals surface area contributed by atoms with Crippen LogP contribution in [0.15, 0.2) is 36.4 Å². The molecule has 32 heavy (non-hydrogen) atoms. The van der Waals surface area contributed by atoms with E-state index in [1.54, 1.807) is 51.3 Å². The molecule has 0 saturated carbocycles. The Morgan fingerprint density at radius 3 is 2.50 bits per heavy atom. The molecule has 3 rings (SSSR count). The zero-order chi connectivity index (χ0) is 23.1. The van der Waals surface area contributed by atoms with Gasteiger partial charge in [0.2, 0.25) is 11.8 Å². The van der Waals surface area contributed by atoms with Crippen LogP contribution in [0.25, 0.3) is 0 Å². The van der Waals surface area contributed by atoms with E-state index < -0.39 is 0 Å². The van der Waals surface area contributed by atoms with Gasteiger partial charge in [0.15, 0.2) is 11.5 Å². The molecule has 172 valence electrons. The van der Waals surface area contributed by atoms with Crippen molar-refractivity contribution in [3.63, 3.8) is 0 Å². The molecule has 2 amide bonds. The van der Waals surface area contributed by atoms with Crippen molar-refractivity contribution in [1.29, 1.82) is 0 Å². The van der Waals surface area contributed by atoms with Crippen LogP contribution in [-0.4, -0.2) is 56.9 Å². The van der Waals surface area contributed by atoms with E-state index >= 15 is 0 Å². The Bertz CT molecular complexity index is 967. The second-order valence-corrected chi connectivity index (χ2v) is 8.18. The van der Waals surface area contributed by atoms with Crippen molar-refractivity contribution in [2.45, 2.75) is 18.7 Å². The van der Waals surface area contributed by atoms with Gasteiger partial charge in [0.25, 0.3) is 0 Å². The molecule has 0 aromatic heterocycles. The third kappa shape index (κ3) is 5.59. The van der Waals surface area contributed by atoms with Crippen LogP contribution in [0.2, 0.25) is 0 Å². The zero-order valence-corrected chi connectivity index (χ0v) is 19.5. The van der Waals surface area contributed by atoms with Crippen LogP contribution in [-0.2, 0) is 9.59 Å². The summed E-state index contributed by atoms with van der Waals surface area (Å²) < 4.78 is 22.2. The number of nitrogens with one attached hydrogen (secondary N) is 1. The molecular weight excluding hydrogens is 432 g/mol. The summed E-state index contributed by atoms with van der Waals surface area (Å²) in [6, 6.07) is 10.9. The molecule has 8 nitrogen and oxygen atoms in total. The number of methoxy groups -OCH3 is 3. The first kappa shape index (κ1) is 23.6. The summed E-state index contributed by atoms with van der Waals surface area (Å²) >= 11 is 1.55. The minimum atomic E-state index is -0.180. The van der Waals surface area contributed by atoms with Gasteiger partial charge in [-0.25, -0.2) is 0 Å². The lowest BCUT2D eigenvalue weighted by Crippen LogP contribution is -2.30. The summed E-state index contributed by atoms with van der Waals surface area (Å²) in [4.78, 5) is 25.6. The average Bonchev–Trinajstić information content (AvgIpc) is 3.15. The Kier molecular flexibility index (Phi) is 8.10. The van der Waals surface area contributed by atoms with Gasteiger partial charge in [-0.1, -0.05) is 6.07 Å². The number of thioether (sulfide) groups is 1. The summed E-state index contributed by atoms with van der Waals surface area (Å²) in [5.74, 6) is 2.81. The normalized spacial score (nSPS) is 15.4. The highest BCUT2D eigenvalue weighted by Crippen LogP contribution is 2.46. The number of hydrogen-bond donors (Lipinski definition) is 1. The highest BCUT2D eigenvalue weighted by atomic mass is 32.2. The lowest BCUT2D eigenvalue weighted by atomic mass is 10.1. The van der Waals surface area contributed by atoms with E-state index in [-0.39, 0.29) is 17.2 Å². The highest BCUT2D eigenvalue weighted by Gasteiger charge is 2.35. The van der Waals surface area contributed by atoms with Crippen LogP contribution in [0.5, 0.6) is 23.0 Å². The molecule has 1 fully saturated rings. The van der Waals surface area contributed by atoms with Gasteiger partial charge in [0.05, 0.1) is 33.7 Å². The van der Waals surface area contributed by atoms with Gasteiger partial charge in [0, 0.05) is 36.9 Å². The molecule has 1 atom stereocenters. The number of ether oxygens (including phenoxy) is 4. The lowest BCUT2D eigenvalue weighted by Gasteiger charge is -2.26. The molecule has 2 aromatic carbocycles. The summed E-state index contributed by atoms with van der Waals surface area (Å²) in [5.41, 5.74) is 1.55. The topological polar surface area (TPSA) is 86.3 Å². The summed E-state index contributed by atoms with van der Waals surface area (Å²) in [6.07, 6.45) is 0.656. The molecule has 1 unspecified atom stereocenters.